The normalized spacial score (nSPS) is 14.7. The van der Waals surface area contributed by atoms with Gasteiger partial charge < -0.3 is 28.8 Å². The summed E-state index contributed by atoms with van der Waals surface area (Å²) < 4.78 is 23.1. The molecule has 9 heteroatoms. The Morgan fingerprint density at radius 3 is 1.51 bits per heavy atom. The predicted octanol–water partition coefficient (Wildman–Crippen LogP) is 8.83. The van der Waals surface area contributed by atoms with E-state index in [9.17, 15) is 19.4 Å². The first-order valence-corrected chi connectivity index (χ1v) is 20.3. The van der Waals surface area contributed by atoms with Gasteiger partial charge in [0.05, 0.1) is 39.9 Å². The fourth-order valence-electron chi connectivity index (χ4n) is 5.51. The third kappa shape index (κ3) is 31.8. The van der Waals surface area contributed by atoms with Crippen molar-refractivity contribution in [2.75, 3.05) is 40.9 Å². The lowest BCUT2D eigenvalue weighted by Gasteiger charge is -2.30. The minimum Gasteiger partial charge on any atom is -0.756 e. The van der Waals surface area contributed by atoms with Crippen LogP contribution < -0.4 is 10.2 Å². The first-order valence-electron chi connectivity index (χ1n) is 18.9. The Bertz CT molecular complexity index is 718. The number of hydrogen-bond donors (Lipinski definition) is 2. The molecule has 1 unspecified atom stereocenters. The Morgan fingerprint density at radius 1 is 0.689 bits per heavy atom. The third-order valence-electron chi connectivity index (χ3n) is 8.60. The summed E-state index contributed by atoms with van der Waals surface area (Å²) in [7, 11) is 1.31. The van der Waals surface area contributed by atoms with Crippen molar-refractivity contribution in [2.45, 2.75) is 187 Å². The Morgan fingerprint density at radius 2 is 1.09 bits per heavy atom. The molecular weight excluding hydrogens is 587 g/mol. The molecule has 0 aliphatic carbocycles. The van der Waals surface area contributed by atoms with Crippen molar-refractivity contribution >= 4 is 13.7 Å². The van der Waals surface area contributed by atoms with Crippen molar-refractivity contribution in [3.63, 3.8) is 0 Å². The number of carbonyl (C=O) groups is 1. The molecule has 0 aliphatic rings. The topological polar surface area (TPSA) is 108 Å². The number of phosphoric acid groups is 1. The summed E-state index contributed by atoms with van der Waals surface area (Å²) in [6, 6.07) is -0.790. The summed E-state index contributed by atoms with van der Waals surface area (Å²) in [6.45, 7) is 4.69. The van der Waals surface area contributed by atoms with Crippen LogP contribution in [0.1, 0.15) is 174 Å². The molecule has 0 bridgehead atoms. The first kappa shape index (κ1) is 44.5. The van der Waals surface area contributed by atoms with Gasteiger partial charge in [-0.05, 0) is 12.8 Å². The Kier molecular flexibility index (Phi) is 29.3. The number of carbonyl (C=O) groups excluding carboxylic acids is 1. The van der Waals surface area contributed by atoms with E-state index in [2.05, 4.69) is 19.2 Å². The molecule has 270 valence electrons. The van der Waals surface area contributed by atoms with E-state index in [-0.39, 0.29) is 19.1 Å². The number of amides is 1. The molecule has 0 aromatic carbocycles. The maximum Gasteiger partial charge on any atom is 0.268 e. The van der Waals surface area contributed by atoms with E-state index in [0.717, 1.165) is 38.5 Å². The van der Waals surface area contributed by atoms with E-state index in [1.807, 2.05) is 21.1 Å². The number of rotatable bonds is 34. The van der Waals surface area contributed by atoms with E-state index in [1.54, 1.807) is 0 Å². The molecule has 0 heterocycles. The quantitative estimate of drug-likeness (QED) is 0.0405. The van der Waals surface area contributed by atoms with Gasteiger partial charge in [-0.1, -0.05) is 155 Å². The van der Waals surface area contributed by atoms with E-state index < -0.39 is 20.0 Å². The summed E-state index contributed by atoms with van der Waals surface area (Å²) in [4.78, 5) is 25.1. The SMILES string of the molecule is CCCCCCCCCCCCCC[C@@H](O)[C@H](COP(=O)([O-])OCC[N+](C)(C)C)NC(=O)CCCCCCCCCCCCC. The summed E-state index contributed by atoms with van der Waals surface area (Å²) in [6.07, 6.45) is 28.1. The van der Waals surface area contributed by atoms with Crippen molar-refractivity contribution in [3.05, 3.63) is 0 Å². The molecule has 0 aromatic rings. The van der Waals surface area contributed by atoms with Gasteiger partial charge >= 0.3 is 0 Å². The smallest absolute Gasteiger partial charge is 0.268 e. The van der Waals surface area contributed by atoms with E-state index in [0.29, 0.717) is 23.9 Å². The van der Waals surface area contributed by atoms with Gasteiger partial charge in [-0.25, -0.2) is 0 Å². The second kappa shape index (κ2) is 29.6. The Hall–Kier alpha value is -0.500. The highest BCUT2D eigenvalue weighted by Crippen LogP contribution is 2.38. The highest BCUT2D eigenvalue weighted by molar-refractivity contribution is 7.45. The molecule has 0 fully saturated rings. The lowest BCUT2D eigenvalue weighted by molar-refractivity contribution is -0.870. The number of hydrogen-bond acceptors (Lipinski definition) is 6. The third-order valence-corrected chi connectivity index (χ3v) is 9.56. The maximum absolute atomic E-state index is 12.7. The average Bonchev–Trinajstić information content (AvgIpc) is 2.97. The highest BCUT2D eigenvalue weighted by Gasteiger charge is 2.24. The average molecular weight is 663 g/mol. The van der Waals surface area contributed by atoms with Gasteiger partial charge in [-0.15, -0.1) is 0 Å². The van der Waals surface area contributed by atoms with Crippen LogP contribution in [0, 0.1) is 0 Å². The molecule has 0 aliphatic heterocycles. The molecule has 2 N–H and O–H groups in total. The zero-order valence-corrected chi connectivity index (χ0v) is 31.2. The molecule has 0 spiro atoms. The van der Waals surface area contributed by atoms with Gasteiger partial charge in [0.2, 0.25) is 5.91 Å². The molecule has 3 atom stereocenters. The van der Waals surface area contributed by atoms with Crippen LogP contribution in [0.25, 0.3) is 0 Å². The molecule has 0 rings (SSSR count). The minimum absolute atomic E-state index is 0.0154. The van der Waals surface area contributed by atoms with Crippen LogP contribution in [0.15, 0.2) is 0 Å². The number of unbranched alkanes of at least 4 members (excludes halogenated alkanes) is 21. The van der Waals surface area contributed by atoms with Gasteiger partial charge in [-0.2, -0.15) is 0 Å². The van der Waals surface area contributed by atoms with Gasteiger partial charge in [0.25, 0.3) is 7.82 Å². The standard InChI is InChI=1S/C36H75N2O6P/c1-6-8-10-12-14-16-18-20-21-23-25-27-29-35(39)34(33-44-45(41,42)43-32-31-38(3,4)5)37-36(40)30-28-26-24-22-19-17-15-13-11-9-7-2/h34-35,39H,6-33H2,1-5H3,(H-,37,40,41,42)/t34-,35+/m0/s1. The summed E-state index contributed by atoms with van der Waals surface area (Å²) >= 11 is 0. The molecule has 0 saturated carbocycles. The van der Waals surface area contributed by atoms with Crippen LogP contribution in [-0.2, 0) is 18.4 Å². The van der Waals surface area contributed by atoms with Crippen molar-refractivity contribution < 1.29 is 32.9 Å². The van der Waals surface area contributed by atoms with Crippen LogP contribution in [0.4, 0.5) is 0 Å². The van der Waals surface area contributed by atoms with E-state index >= 15 is 0 Å². The Balaban J connectivity index is 4.47. The van der Waals surface area contributed by atoms with Gasteiger partial charge in [0.1, 0.15) is 13.2 Å². The summed E-state index contributed by atoms with van der Waals surface area (Å²) in [5, 5.41) is 13.8. The number of likely N-dealkylation sites (N-methyl/N-ethyl adjacent to an activating group) is 1. The molecule has 0 radical (unpaired) electrons. The second-order valence-electron chi connectivity index (χ2n) is 14.3. The van der Waals surface area contributed by atoms with Crippen LogP contribution in [0.3, 0.4) is 0 Å². The number of quaternary nitrogens is 1. The van der Waals surface area contributed by atoms with Crippen molar-refractivity contribution in [2.24, 2.45) is 0 Å². The zero-order valence-electron chi connectivity index (χ0n) is 30.3. The molecule has 0 aromatic heterocycles. The fourth-order valence-corrected chi connectivity index (χ4v) is 6.23. The highest BCUT2D eigenvalue weighted by atomic mass is 31.2. The Labute approximate surface area is 279 Å². The minimum atomic E-state index is -4.54. The van der Waals surface area contributed by atoms with Crippen molar-refractivity contribution in [1.82, 2.24) is 5.32 Å². The monoisotopic (exact) mass is 663 g/mol. The predicted molar refractivity (Wildman–Crippen MR) is 187 cm³/mol. The largest absolute Gasteiger partial charge is 0.756 e. The van der Waals surface area contributed by atoms with Gasteiger partial charge in [-0.3, -0.25) is 9.36 Å². The molecular formula is C36H75N2O6P. The van der Waals surface area contributed by atoms with Crippen molar-refractivity contribution in [1.29, 1.82) is 0 Å². The molecule has 1 amide bonds. The maximum atomic E-state index is 12.7. The molecule has 8 nitrogen and oxygen atoms in total. The second-order valence-corrected chi connectivity index (χ2v) is 15.7. The van der Waals surface area contributed by atoms with Gasteiger partial charge in [0.15, 0.2) is 0 Å². The number of nitrogens with one attached hydrogen (secondary N) is 1. The fraction of sp³-hybridized carbons (Fsp3) is 0.972. The molecule has 45 heavy (non-hydrogen) atoms. The van der Waals surface area contributed by atoms with E-state index in [1.165, 1.54) is 109 Å². The lowest BCUT2D eigenvalue weighted by atomic mass is 10.0. The first-order chi connectivity index (χ1) is 21.5. The van der Waals surface area contributed by atoms with Crippen molar-refractivity contribution in [3.8, 4) is 0 Å². The lowest BCUT2D eigenvalue weighted by Crippen LogP contribution is -2.46. The van der Waals surface area contributed by atoms with Crippen LogP contribution in [0.5, 0.6) is 0 Å². The summed E-state index contributed by atoms with van der Waals surface area (Å²) in [5.41, 5.74) is 0. The number of nitrogens with zero attached hydrogens (tertiary/aromatic N) is 1. The van der Waals surface area contributed by atoms with Crippen LogP contribution in [0.2, 0.25) is 0 Å². The van der Waals surface area contributed by atoms with Crippen LogP contribution >= 0.6 is 7.82 Å². The summed E-state index contributed by atoms with van der Waals surface area (Å²) in [5.74, 6) is -0.167. The van der Waals surface area contributed by atoms with Crippen LogP contribution in [-0.4, -0.2) is 68.5 Å². The zero-order chi connectivity index (χ0) is 33.7. The molecule has 0 saturated heterocycles. The van der Waals surface area contributed by atoms with Gasteiger partial charge in [0, 0.05) is 6.42 Å². The number of aliphatic hydroxyl groups is 1. The number of phosphoric ester groups is 1. The van der Waals surface area contributed by atoms with E-state index in [4.69, 9.17) is 9.05 Å². The number of aliphatic hydroxyl groups excluding tert-OH is 1.